The maximum atomic E-state index is 11.3. The second-order valence-corrected chi connectivity index (χ2v) is 4.61. The molecule has 21 heavy (non-hydrogen) atoms. The highest BCUT2D eigenvalue weighted by Crippen LogP contribution is 2.23. The Kier molecular flexibility index (Phi) is 5.08. The summed E-state index contributed by atoms with van der Waals surface area (Å²) in [5.74, 6) is -0.530. The summed E-state index contributed by atoms with van der Waals surface area (Å²) >= 11 is 0. The zero-order valence-electron chi connectivity index (χ0n) is 11.7. The van der Waals surface area contributed by atoms with Gasteiger partial charge in [0.2, 0.25) is 0 Å². The van der Waals surface area contributed by atoms with Crippen LogP contribution in [0.4, 0.5) is 0 Å². The van der Waals surface area contributed by atoms with Gasteiger partial charge in [-0.05, 0) is 18.1 Å². The second kappa shape index (κ2) is 7.01. The number of rotatable bonds is 6. The molecule has 1 aromatic heterocycles. The molecule has 0 saturated carbocycles. The number of carbonyl (C=O) groups excluding carboxylic acids is 1. The van der Waals surface area contributed by atoms with Gasteiger partial charge in [-0.25, -0.2) is 4.98 Å². The Morgan fingerprint density at radius 3 is 2.62 bits per heavy atom. The average Bonchev–Trinajstić information content (AvgIpc) is 3.01. The molecule has 0 bridgehead atoms. The summed E-state index contributed by atoms with van der Waals surface area (Å²) in [5, 5.41) is 19.9. The van der Waals surface area contributed by atoms with E-state index in [4.69, 9.17) is 4.74 Å². The number of aliphatic hydroxyl groups is 2. The Bertz CT molecular complexity index is 566. The summed E-state index contributed by atoms with van der Waals surface area (Å²) in [4.78, 5) is 18.2. The van der Waals surface area contributed by atoms with Crippen LogP contribution in [0.2, 0.25) is 0 Å². The molecule has 2 atom stereocenters. The highest BCUT2D eigenvalue weighted by molar-refractivity contribution is 5.70. The van der Waals surface area contributed by atoms with Crippen molar-refractivity contribution < 1.29 is 19.7 Å². The van der Waals surface area contributed by atoms with E-state index in [0.717, 1.165) is 11.3 Å². The van der Waals surface area contributed by atoms with Crippen LogP contribution in [0.15, 0.2) is 36.8 Å². The first-order valence-corrected chi connectivity index (χ1v) is 6.72. The lowest BCUT2D eigenvalue weighted by molar-refractivity contribution is -0.147. The van der Waals surface area contributed by atoms with Crippen molar-refractivity contribution >= 4 is 5.97 Å². The molecule has 0 spiro atoms. The Balaban J connectivity index is 2.02. The van der Waals surface area contributed by atoms with Crippen LogP contribution in [-0.2, 0) is 9.53 Å². The predicted molar refractivity (Wildman–Crippen MR) is 76.2 cm³/mol. The topological polar surface area (TPSA) is 95.4 Å². The highest BCUT2D eigenvalue weighted by Gasteiger charge is 2.22. The first-order valence-electron chi connectivity index (χ1n) is 6.72. The van der Waals surface area contributed by atoms with Crippen LogP contribution in [0.3, 0.4) is 0 Å². The fourth-order valence-electron chi connectivity index (χ4n) is 2.00. The van der Waals surface area contributed by atoms with E-state index in [2.05, 4.69) is 9.97 Å². The normalized spacial score (nSPS) is 13.7. The van der Waals surface area contributed by atoms with Gasteiger partial charge in [0.05, 0.1) is 37.3 Å². The molecule has 0 aliphatic rings. The number of H-pyrrole nitrogens is 1. The van der Waals surface area contributed by atoms with Crippen LogP contribution in [0.1, 0.15) is 25.0 Å². The van der Waals surface area contributed by atoms with Crippen molar-refractivity contribution in [1.82, 2.24) is 9.97 Å². The number of esters is 1. The molecule has 0 radical (unpaired) electrons. The van der Waals surface area contributed by atoms with Crippen LogP contribution in [0.25, 0.3) is 11.3 Å². The zero-order valence-corrected chi connectivity index (χ0v) is 11.7. The van der Waals surface area contributed by atoms with Crippen LogP contribution in [0.5, 0.6) is 0 Å². The molecule has 1 heterocycles. The fraction of sp³-hybridized carbons (Fsp3) is 0.333. The molecule has 6 heteroatoms. The van der Waals surface area contributed by atoms with Crippen molar-refractivity contribution in [3.05, 3.63) is 42.4 Å². The first kappa shape index (κ1) is 15.2. The van der Waals surface area contributed by atoms with Crippen molar-refractivity contribution in [2.24, 2.45) is 0 Å². The summed E-state index contributed by atoms with van der Waals surface area (Å²) in [6.07, 6.45) is 0.715. The highest BCUT2D eigenvalue weighted by atomic mass is 16.5. The number of aromatic amines is 1. The monoisotopic (exact) mass is 290 g/mol. The molecule has 2 rings (SSSR count). The largest absolute Gasteiger partial charge is 0.466 e. The molecule has 0 fully saturated rings. The van der Waals surface area contributed by atoms with E-state index in [1.807, 2.05) is 12.1 Å². The van der Waals surface area contributed by atoms with Crippen molar-refractivity contribution in [1.29, 1.82) is 0 Å². The third-order valence-electron chi connectivity index (χ3n) is 3.11. The SMILES string of the molecule is CCOC(=O)CC(O)C(O)c1ccc(-c2cnc[nH]2)cc1. The number of ether oxygens (including phenoxy) is 1. The average molecular weight is 290 g/mol. The van der Waals surface area contributed by atoms with Gasteiger partial charge in [0.25, 0.3) is 0 Å². The van der Waals surface area contributed by atoms with Crippen LogP contribution < -0.4 is 0 Å². The Morgan fingerprint density at radius 1 is 1.33 bits per heavy atom. The van der Waals surface area contributed by atoms with Crippen molar-refractivity contribution in [3.8, 4) is 11.3 Å². The predicted octanol–water partition coefficient (Wildman–Crippen LogP) is 1.42. The number of hydrogen-bond acceptors (Lipinski definition) is 5. The maximum Gasteiger partial charge on any atom is 0.308 e. The Hall–Kier alpha value is -2.18. The third-order valence-corrected chi connectivity index (χ3v) is 3.11. The summed E-state index contributed by atoms with van der Waals surface area (Å²) in [5.41, 5.74) is 2.32. The van der Waals surface area contributed by atoms with Gasteiger partial charge in [0.15, 0.2) is 0 Å². The lowest BCUT2D eigenvalue weighted by Gasteiger charge is -2.17. The Morgan fingerprint density at radius 2 is 2.05 bits per heavy atom. The lowest BCUT2D eigenvalue weighted by atomic mass is 10.0. The summed E-state index contributed by atoms with van der Waals surface area (Å²) < 4.78 is 4.75. The van der Waals surface area contributed by atoms with Crippen molar-refractivity contribution in [2.45, 2.75) is 25.6 Å². The van der Waals surface area contributed by atoms with E-state index in [9.17, 15) is 15.0 Å². The summed E-state index contributed by atoms with van der Waals surface area (Å²) in [7, 11) is 0. The van der Waals surface area contributed by atoms with Crippen LogP contribution >= 0.6 is 0 Å². The minimum absolute atomic E-state index is 0.239. The lowest BCUT2D eigenvalue weighted by Crippen LogP contribution is -2.23. The number of carbonyl (C=O) groups is 1. The van der Waals surface area contributed by atoms with Gasteiger partial charge in [0, 0.05) is 0 Å². The number of benzene rings is 1. The molecule has 1 aromatic carbocycles. The number of aromatic nitrogens is 2. The van der Waals surface area contributed by atoms with Crippen LogP contribution in [-0.4, -0.2) is 38.9 Å². The first-order chi connectivity index (χ1) is 10.1. The van der Waals surface area contributed by atoms with Gasteiger partial charge in [0.1, 0.15) is 6.10 Å². The summed E-state index contributed by atoms with van der Waals surface area (Å²) in [6, 6.07) is 7.02. The number of aliphatic hydroxyl groups excluding tert-OH is 2. The van der Waals surface area contributed by atoms with Crippen molar-refractivity contribution in [3.63, 3.8) is 0 Å². The van der Waals surface area contributed by atoms with Gasteiger partial charge >= 0.3 is 5.97 Å². The fourth-order valence-corrected chi connectivity index (χ4v) is 2.00. The van der Waals surface area contributed by atoms with Gasteiger partial charge in [-0.15, -0.1) is 0 Å². The van der Waals surface area contributed by atoms with E-state index in [0.29, 0.717) is 5.56 Å². The smallest absolute Gasteiger partial charge is 0.308 e. The van der Waals surface area contributed by atoms with E-state index < -0.39 is 18.2 Å². The molecule has 0 saturated heterocycles. The number of nitrogens with zero attached hydrogens (tertiary/aromatic N) is 1. The van der Waals surface area contributed by atoms with Gasteiger partial charge in [-0.2, -0.15) is 0 Å². The molecular formula is C15H18N2O4. The third kappa shape index (κ3) is 3.90. The Labute approximate surface area is 122 Å². The molecular weight excluding hydrogens is 272 g/mol. The van der Waals surface area contributed by atoms with E-state index in [-0.39, 0.29) is 13.0 Å². The minimum atomic E-state index is -1.19. The molecule has 3 N–H and O–H groups in total. The number of nitrogens with one attached hydrogen (secondary N) is 1. The molecule has 112 valence electrons. The van der Waals surface area contributed by atoms with E-state index in [1.54, 1.807) is 31.6 Å². The van der Waals surface area contributed by atoms with E-state index in [1.165, 1.54) is 0 Å². The number of hydrogen-bond donors (Lipinski definition) is 3. The maximum absolute atomic E-state index is 11.3. The standard InChI is InChI=1S/C15H18N2O4/c1-2-21-14(19)7-13(18)15(20)11-5-3-10(4-6-11)12-8-16-9-17-12/h3-6,8-9,13,15,18,20H,2,7H2,1H3,(H,16,17). The quantitative estimate of drug-likeness (QED) is 0.699. The van der Waals surface area contributed by atoms with Crippen LogP contribution in [0, 0.1) is 0 Å². The zero-order chi connectivity index (χ0) is 15.2. The molecule has 2 unspecified atom stereocenters. The molecule has 0 aliphatic heterocycles. The molecule has 6 nitrogen and oxygen atoms in total. The molecule has 0 amide bonds. The van der Waals surface area contributed by atoms with Gasteiger partial charge in [-0.3, -0.25) is 4.79 Å². The minimum Gasteiger partial charge on any atom is -0.466 e. The molecule has 0 aliphatic carbocycles. The molecule has 2 aromatic rings. The summed E-state index contributed by atoms with van der Waals surface area (Å²) in [6.45, 7) is 1.94. The van der Waals surface area contributed by atoms with Crippen molar-refractivity contribution in [2.75, 3.05) is 6.61 Å². The van der Waals surface area contributed by atoms with E-state index >= 15 is 0 Å². The van der Waals surface area contributed by atoms with Gasteiger partial charge < -0.3 is 19.9 Å². The second-order valence-electron chi connectivity index (χ2n) is 4.61. The van der Waals surface area contributed by atoms with Gasteiger partial charge in [-0.1, -0.05) is 24.3 Å². The number of imidazole rings is 1.